The predicted molar refractivity (Wildman–Crippen MR) is 49.5 cm³/mol. The monoisotopic (exact) mass is 161 g/mol. The zero-order valence-corrected chi connectivity index (χ0v) is 6.95. The highest BCUT2D eigenvalue weighted by Gasteiger charge is 1.87. The average molecular weight is 161 g/mol. The second-order valence-electron chi connectivity index (χ2n) is 2.36. The van der Waals surface area contributed by atoms with Gasteiger partial charge in [0.25, 0.3) is 0 Å². The summed E-state index contributed by atoms with van der Waals surface area (Å²) in [6.07, 6.45) is 3.29. The fourth-order valence-electron chi connectivity index (χ4n) is 0.819. The molecule has 0 fully saturated rings. The number of carbonyl (C=O) groups excluding carboxylic acids is 1. The molecule has 1 rings (SSSR count). The number of amides is 1. The van der Waals surface area contributed by atoms with E-state index in [1.165, 1.54) is 6.08 Å². The molecule has 2 heteroatoms. The van der Waals surface area contributed by atoms with E-state index in [0.29, 0.717) is 0 Å². The van der Waals surface area contributed by atoms with E-state index in [4.69, 9.17) is 0 Å². The summed E-state index contributed by atoms with van der Waals surface area (Å²) in [6.45, 7) is 0. The predicted octanol–water partition coefficient (Wildman–Crippen LogP) is 1.45. The van der Waals surface area contributed by atoms with Gasteiger partial charge in [0.2, 0.25) is 5.91 Å². The lowest BCUT2D eigenvalue weighted by molar-refractivity contribution is -0.115. The summed E-state index contributed by atoms with van der Waals surface area (Å²) >= 11 is 0. The molecule has 1 amide bonds. The topological polar surface area (TPSA) is 29.1 Å². The SMILES string of the molecule is CNC(=O)C=Cc1ccccc1. The zero-order valence-electron chi connectivity index (χ0n) is 6.95. The lowest BCUT2D eigenvalue weighted by atomic mass is 10.2. The quantitative estimate of drug-likeness (QED) is 0.653. The van der Waals surface area contributed by atoms with Crippen LogP contribution in [0, 0.1) is 0 Å². The molecular weight excluding hydrogens is 150 g/mol. The number of hydrogen-bond donors (Lipinski definition) is 1. The van der Waals surface area contributed by atoms with Gasteiger partial charge in [-0.3, -0.25) is 4.79 Å². The van der Waals surface area contributed by atoms with E-state index < -0.39 is 0 Å². The molecule has 0 atom stereocenters. The summed E-state index contributed by atoms with van der Waals surface area (Å²) in [5, 5.41) is 2.51. The standard InChI is InChI=1S/C10H11NO/c1-11-10(12)8-7-9-5-3-2-4-6-9/h2-8H,1H3,(H,11,12). The Morgan fingerprint density at radius 3 is 2.58 bits per heavy atom. The van der Waals surface area contributed by atoms with Crippen LogP contribution in [0.1, 0.15) is 5.56 Å². The Morgan fingerprint density at radius 2 is 2.00 bits per heavy atom. The minimum absolute atomic E-state index is 0.0844. The van der Waals surface area contributed by atoms with Gasteiger partial charge in [-0.15, -0.1) is 0 Å². The van der Waals surface area contributed by atoms with Crippen molar-refractivity contribution in [2.24, 2.45) is 0 Å². The fraction of sp³-hybridized carbons (Fsp3) is 0.100. The summed E-state index contributed by atoms with van der Waals surface area (Å²) < 4.78 is 0. The van der Waals surface area contributed by atoms with Gasteiger partial charge in [0.05, 0.1) is 0 Å². The normalized spacial score (nSPS) is 10.1. The molecule has 0 saturated carbocycles. The second-order valence-corrected chi connectivity index (χ2v) is 2.36. The molecule has 1 N–H and O–H groups in total. The minimum Gasteiger partial charge on any atom is -0.356 e. The molecule has 0 aliphatic heterocycles. The van der Waals surface area contributed by atoms with Gasteiger partial charge in [0, 0.05) is 13.1 Å². The van der Waals surface area contributed by atoms with Crippen molar-refractivity contribution in [3.05, 3.63) is 42.0 Å². The van der Waals surface area contributed by atoms with Gasteiger partial charge in [-0.25, -0.2) is 0 Å². The maximum atomic E-state index is 10.8. The third-order valence-corrected chi connectivity index (χ3v) is 1.47. The largest absolute Gasteiger partial charge is 0.356 e. The first-order chi connectivity index (χ1) is 5.83. The zero-order chi connectivity index (χ0) is 8.81. The van der Waals surface area contributed by atoms with Crippen LogP contribution in [0.25, 0.3) is 6.08 Å². The Balaban J connectivity index is 2.64. The van der Waals surface area contributed by atoms with E-state index >= 15 is 0 Å². The molecule has 1 aromatic carbocycles. The number of nitrogens with one attached hydrogen (secondary N) is 1. The first kappa shape index (κ1) is 8.53. The molecule has 0 heterocycles. The molecule has 0 radical (unpaired) electrons. The van der Waals surface area contributed by atoms with Crippen LogP contribution in [0.2, 0.25) is 0 Å². The lowest BCUT2D eigenvalue weighted by Crippen LogP contribution is -2.13. The van der Waals surface area contributed by atoms with Gasteiger partial charge >= 0.3 is 0 Å². The maximum absolute atomic E-state index is 10.8. The van der Waals surface area contributed by atoms with Crippen LogP contribution in [-0.4, -0.2) is 13.0 Å². The summed E-state index contributed by atoms with van der Waals surface area (Å²) in [4.78, 5) is 10.8. The highest BCUT2D eigenvalue weighted by molar-refractivity contribution is 5.91. The lowest BCUT2D eigenvalue weighted by Gasteiger charge is -1.91. The first-order valence-corrected chi connectivity index (χ1v) is 3.78. The number of likely N-dealkylation sites (N-methyl/N-ethyl adjacent to an activating group) is 1. The third kappa shape index (κ3) is 2.58. The Kier molecular flexibility index (Phi) is 3.08. The molecular formula is C10H11NO. The van der Waals surface area contributed by atoms with E-state index in [-0.39, 0.29) is 5.91 Å². The smallest absolute Gasteiger partial charge is 0.243 e. The van der Waals surface area contributed by atoms with E-state index in [0.717, 1.165) is 5.56 Å². The molecule has 0 bridgehead atoms. The molecule has 0 aliphatic carbocycles. The van der Waals surface area contributed by atoms with E-state index in [2.05, 4.69) is 5.32 Å². The third-order valence-electron chi connectivity index (χ3n) is 1.47. The molecule has 12 heavy (non-hydrogen) atoms. The molecule has 62 valence electrons. The molecule has 2 nitrogen and oxygen atoms in total. The second kappa shape index (κ2) is 4.34. The highest BCUT2D eigenvalue weighted by atomic mass is 16.1. The number of rotatable bonds is 2. The Morgan fingerprint density at radius 1 is 1.33 bits per heavy atom. The van der Waals surface area contributed by atoms with Crippen LogP contribution in [0.15, 0.2) is 36.4 Å². The van der Waals surface area contributed by atoms with Crippen molar-refractivity contribution in [2.75, 3.05) is 7.05 Å². The number of benzene rings is 1. The molecule has 0 aliphatic rings. The Bertz CT molecular complexity index is 277. The van der Waals surface area contributed by atoms with Gasteiger partial charge in [-0.2, -0.15) is 0 Å². The van der Waals surface area contributed by atoms with Gasteiger partial charge < -0.3 is 5.32 Å². The van der Waals surface area contributed by atoms with E-state index in [1.807, 2.05) is 30.3 Å². The summed E-state index contributed by atoms with van der Waals surface area (Å²) in [7, 11) is 1.61. The van der Waals surface area contributed by atoms with Gasteiger partial charge in [0.15, 0.2) is 0 Å². The first-order valence-electron chi connectivity index (χ1n) is 3.78. The summed E-state index contributed by atoms with van der Waals surface area (Å²) in [5.41, 5.74) is 1.03. The fourth-order valence-corrected chi connectivity index (χ4v) is 0.819. The van der Waals surface area contributed by atoms with Crippen LogP contribution in [0.5, 0.6) is 0 Å². The van der Waals surface area contributed by atoms with Crippen molar-refractivity contribution < 1.29 is 4.79 Å². The highest BCUT2D eigenvalue weighted by Crippen LogP contribution is 1.99. The molecule has 0 saturated heterocycles. The number of hydrogen-bond acceptors (Lipinski definition) is 1. The van der Waals surface area contributed by atoms with Crippen molar-refractivity contribution in [3.63, 3.8) is 0 Å². The summed E-state index contributed by atoms with van der Waals surface area (Å²) in [6, 6.07) is 9.70. The van der Waals surface area contributed by atoms with Crippen LogP contribution in [0.3, 0.4) is 0 Å². The average Bonchev–Trinajstić information content (AvgIpc) is 2.16. The van der Waals surface area contributed by atoms with Crippen molar-refractivity contribution in [3.8, 4) is 0 Å². The summed E-state index contributed by atoms with van der Waals surface area (Å²) in [5.74, 6) is -0.0844. The molecule has 0 unspecified atom stereocenters. The van der Waals surface area contributed by atoms with Gasteiger partial charge in [-0.1, -0.05) is 30.3 Å². The van der Waals surface area contributed by atoms with Crippen molar-refractivity contribution in [1.82, 2.24) is 5.32 Å². The number of carbonyl (C=O) groups is 1. The minimum atomic E-state index is -0.0844. The van der Waals surface area contributed by atoms with Gasteiger partial charge in [0.1, 0.15) is 0 Å². The Labute approximate surface area is 71.9 Å². The van der Waals surface area contributed by atoms with Crippen LogP contribution in [0.4, 0.5) is 0 Å². The Hall–Kier alpha value is -1.57. The van der Waals surface area contributed by atoms with Crippen molar-refractivity contribution in [2.45, 2.75) is 0 Å². The molecule has 1 aromatic rings. The van der Waals surface area contributed by atoms with E-state index in [1.54, 1.807) is 13.1 Å². The maximum Gasteiger partial charge on any atom is 0.243 e. The van der Waals surface area contributed by atoms with Crippen molar-refractivity contribution in [1.29, 1.82) is 0 Å². The molecule has 0 aromatic heterocycles. The van der Waals surface area contributed by atoms with E-state index in [9.17, 15) is 4.79 Å². The molecule has 0 spiro atoms. The van der Waals surface area contributed by atoms with Crippen LogP contribution in [-0.2, 0) is 4.79 Å². The van der Waals surface area contributed by atoms with Gasteiger partial charge in [-0.05, 0) is 11.6 Å². The van der Waals surface area contributed by atoms with Crippen LogP contribution < -0.4 is 5.32 Å². The van der Waals surface area contributed by atoms with Crippen LogP contribution >= 0.6 is 0 Å². The van der Waals surface area contributed by atoms with Crippen molar-refractivity contribution >= 4 is 12.0 Å².